The number of amides is 3. The zero-order valence-electron chi connectivity index (χ0n) is 23.7. The van der Waals surface area contributed by atoms with E-state index in [1.54, 1.807) is 25.1 Å². The summed E-state index contributed by atoms with van der Waals surface area (Å²) < 4.78 is 34.4. The highest BCUT2D eigenvalue weighted by Crippen LogP contribution is 2.31. The van der Waals surface area contributed by atoms with Crippen molar-refractivity contribution in [3.05, 3.63) is 82.9 Å². The minimum absolute atomic E-state index is 0.0248. The number of carbonyl (C=O) groups is 2. The van der Waals surface area contributed by atoms with E-state index < -0.39 is 12.6 Å². The summed E-state index contributed by atoms with van der Waals surface area (Å²) >= 11 is 1.19. The summed E-state index contributed by atoms with van der Waals surface area (Å²) in [5.41, 5.74) is 10.8. The quantitative estimate of drug-likeness (QED) is 0.209. The topological polar surface area (TPSA) is 131 Å². The maximum absolute atomic E-state index is 12.9. The molecule has 1 fully saturated rings. The number of anilines is 2. The first-order valence-electron chi connectivity index (χ1n) is 13.2. The van der Waals surface area contributed by atoms with E-state index in [2.05, 4.69) is 25.0 Å². The van der Waals surface area contributed by atoms with Crippen LogP contribution in [0.2, 0.25) is 0 Å². The number of aryl methyl sites for hydroxylation is 2. The number of nitrogens with zero attached hydrogens (tertiary/aromatic N) is 4. The Morgan fingerprint density at radius 3 is 2.60 bits per heavy atom. The molecule has 0 bridgehead atoms. The number of alkyl halides is 2. The van der Waals surface area contributed by atoms with Crippen molar-refractivity contribution in [2.45, 2.75) is 34.0 Å². The van der Waals surface area contributed by atoms with Crippen molar-refractivity contribution in [1.29, 1.82) is 0 Å². The molecule has 3 aromatic rings. The van der Waals surface area contributed by atoms with Crippen LogP contribution in [0, 0.1) is 13.8 Å². The van der Waals surface area contributed by atoms with Crippen molar-refractivity contribution in [3.8, 4) is 5.75 Å². The highest BCUT2D eigenvalue weighted by atomic mass is 32.2. The normalized spacial score (nSPS) is 14.7. The first kappa shape index (κ1) is 31.3. The monoisotopic (exact) mass is 608 g/mol. The first-order valence-corrected chi connectivity index (χ1v) is 14.2. The van der Waals surface area contributed by atoms with Gasteiger partial charge in [-0.05, 0) is 80.4 Å². The van der Waals surface area contributed by atoms with Gasteiger partial charge in [-0.2, -0.15) is 13.8 Å². The second-order valence-electron chi connectivity index (χ2n) is 9.27. The second-order valence-corrected chi connectivity index (χ2v) is 10.2. The Morgan fingerprint density at radius 2 is 1.91 bits per heavy atom. The zero-order valence-corrected chi connectivity index (χ0v) is 24.5. The molecule has 3 N–H and O–H groups in total. The van der Waals surface area contributed by atoms with Gasteiger partial charge >= 0.3 is 12.6 Å². The van der Waals surface area contributed by atoms with E-state index in [0.717, 1.165) is 11.1 Å². The number of aliphatic imine (C=N–C) groups is 3. The number of halogens is 2. The molecular weight excluding hydrogens is 578 g/mol. The van der Waals surface area contributed by atoms with Crippen LogP contribution in [-0.4, -0.2) is 48.3 Å². The minimum atomic E-state index is -2.90. The smallest absolute Gasteiger partial charge is 0.387 e. The Hall–Kier alpha value is -4.62. The summed E-state index contributed by atoms with van der Waals surface area (Å²) in [5.74, 6) is 0.204. The number of urea groups is 1. The van der Waals surface area contributed by atoms with Gasteiger partial charge in [0.05, 0.1) is 23.7 Å². The van der Waals surface area contributed by atoms with Crippen LogP contribution in [0.3, 0.4) is 0 Å². The van der Waals surface area contributed by atoms with Crippen molar-refractivity contribution in [1.82, 2.24) is 0 Å². The lowest BCUT2D eigenvalue weighted by molar-refractivity contribution is -0.115. The summed E-state index contributed by atoms with van der Waals surface area (Å²) in [6.45, 7) is 3.57. The first-order chi connectivity index (χ1) is 20.6. The molecule has 1 aliphatic rings. The van der Waals surface area contributed by atoms with E-state index in [4.69, 9.17) is 10.5 Å². The lowest BCUT2D eigenvalue weighted by atomic mass is 10.1. The van der Waals surface area contributed by atoms with Gasteiger partial charge in [0.2, 0.25) is 5.91 Å². The predicted octanol–water partition coefficient (Wildman–Crippen LogP) is 6.17. The van der Waals surface area contributed by atoms with Gasteiger partial charge in [0.15, 0.2) is 5.17 Å². The van der Waals surface area contributed by atoms with Gasteiger partial charge in [0.25, 0.3) is 0 Å². The number of hydrogen-bond donors (Lipinski definition) is 2. The highest BCUT2D eigenvalue weighted by molar-refractivity contribution is 8.15. The van der Waals surface area contributed by atoms with Gasteiger partial charge in [-0.25, -0.2) is 14.8 Å². The number of nitrogens with one attached hydrogen (secondary N) is 1. The van der Waals surface area contributed by atoms with E-state index in [1.165, 1.54) is 47.3 Å². The van der Waals surface area contributed by atoms with Crippen LogP contribution in [0.5, 0.6) is 5.75 Å². The molecule has 10 nitrogen and oxygen atoms in total. The van der Waals surface area contributed by atoms with Crippen molar-refractivity contribution in [2.24, 2.45) is 20.7 Å². The summed E-state index contributed by atoms with van der Waals surface area (Å²) in [7, 11) is 0. The molecule has 0 unspecified atom stereocenters. The number of benzene rings is 3. The van der Waals surface area contributed by atoms with Gasteiger partial charge in [-0.1, -0.05) is 23.9 Å². The van der Waals surface area contributed by atoms with Crippen LogP contribution < -0.4 is 20.7 Å². The molecule has 0 aliphatic carbocycles. The molecule has 1 heterocycles. The third-order valence-electron chi connectivity index (χ3n) is 6.14. The Kier molecular flexibility index (Phi) is 10.6. The van der Waals surface area contributed by atoms with Gasteiger partial charge in [0, 0.05) is 23.4 Å². The van der Waals surface area contributed by atoms with Crippen LogP contribution >= 0.6 is 11.8 Å². The standard InChI is InChI=1S/C30H30F2N6O4S/c1-4-41-15-21-6-5-18(2)13-25(21)38-26(39)16-43-30(38)37-29(40)36-24-12-7-20(14-19(24)3)27(33)35-17-34-22-8-10-23(11-9-22)42-28(31)32/h5-14,17,28H,4,15-16H2,1-3H3,(H,36,40)(H2,33,34,35)/b37-30-. The van der Waals surface area contributed by atoms with Crippen LogP contribution in [0.4, 0.5) is 30.6 Å². The molecule has 0 spiro atoms. The van der Waals surface area contributed by atoms with Gasteiger partial charge in [-0.15, -0.1) is 0 Å². The Morgan fingerprint density at radius 1 is 1.14 bits per heavy atom. The lowest BCUT2D eigenvalue weighted by Gasteiger charge is -2.20. The van der Waals surface area contributed by atoms with Crippen molar-refractivity contribution < 1.29 is 27.8 Å². The van der Waals surface area contributed by atoms with Gasteiger partial charge in [0.1, 0.15) is 17.9 Å². The predicted molar refractivity (Wildman–Crippen MR) is 166 cm³/mol. The third-order valence-corrected chi connectivity index (χ3v) is 7.06. The van der Waals surface area contributed by atoms with Crippen LogP contribution in [0.25, 0.3) is 0 Å². The maximum Gasteiger partial charge on any atom is 0.387 e. The molecule has 1 saturated heterocycles. The van der Waals surface area contributed by atoms with Crippen molar-refractivity contribution in [2.75, 3.05) is 22.6 Å². The fourth-order valence-corrected chi connectivity index (χ4v) is 4.90. The summed E-state index contributed by atoms with van der Waals surface area (Å²) in [4.78, 5) is 39.7. The molecule has 1 aliphatic heterocycles. The molecule has 43 heavy (non-hydrogen) atoms. The van der Waals surface area contributed by atoms with E-state index in [-0.39, 0.29) is 28.4 Å². The van der Waals surface area contributed by atoms with E-state index in [9.17, 15) is 18.4 Å². The van der Waals surface area contributed by atoms with Crippen molar-refractivity contribution in [3.63, 3.8) is 0 Å². The number of ether oxygens (including phenoxy) is 2. The summed E-state index contributed by atoms with van der Waals surface area (Å²) in [5, 5.41) is 3.05. The Balaban J connectivity index is 1.44. The maximum atomic E-state index is 12.9. The fraction of sp³-hybridized carbons (Fsp3) is 0.233. The van der Waals surface area contributed by atoms with Crippen LogP contribution in [0.1, 0.15) is 29.2 Å². The largest absolute Gasteiger partial charge is 0.435 e. The minimum Gasteiger partial charge on any atom is -0.435 e. The van der Waals surface area contributed by atoms with Crippen LogP contribution in [0.15, 0.2) is 75.6 Å². The summed E-state index contributed by atoms with van der Waals surface area (Å²) in [6.07, 6.45) is 1.25. The molecule has 224 valence electrons. The number of nitrogens with two attached hydrogens (primary N) is 1. The third kappa shape index (κ3) is 8.46. The Bertz CT molecular complexity index is 1580. The number of thioether (sulfide) groups is 1. The van der Waals surface area contributed by atoms with E-state index in [0.29, 0.717) is 41.4 Å². The average molecular weight is 609 g/mol. The molecule has 0 radical (unpaired) electrons. The molecule has 4 rings (SSSR count). The van der Waals surface area contributed by atoms with E-state index in [1.807, 2.05) is 32.0 Å². The molecule has 3 aromatic carbocycles. The van der Waals surface area contributed by atoms with Crippen molar-refractivity contribution >= 4 is 58.1 Å². The SMILES string of the molecule is CCOCc1ccc(C)cc1N1C(=O)CS/C1=N\C(=O)Nc1ccc(C(N)=NC=Nc2ccc(OC(F)F)cc2)cc1C. The Labute approximate surface area is 251 Å². The number of rotatable bonds is 10. The highest BCUT2D eigenvalue weighted by Gasteiger charge is 2.32. The van der Waals surface area contributed by atoms with E-state index >= 15 is 0 Å². The molecule has 0 saturated carbocycles. The van der Waals surface area contributed by atoms with Gasteiger partial charge in [-0.3, -0.25) is 9.69 Å². The molecular formula is C30H30F2N6O4S. The van der Waals surface area contributed by atoms with Gasteiger partial charge < -0.3 is 20.5 Å². The molecule has 0 aromatic heterocycles. The summed E-state index contributed by atoms with van der Waals surface area (Å²) in [6, 6.07) is 16.0. The average Bonchev–Trinajstić information content (AvgIpc) is 3.33. The molecule has 13 heteroatoms. The van der Waals surface area contributed by atoms with Crippen LogP contribution in [-0.2, 0) is 16.1 Å². The number of amidine groups is 2. The lowest BCUT2D eigenvalue weighted by Crippen LogP contribution is -2.31. The number of hydrogen-bond acceptors (Lipinski definition) is 6. The second kappa shape index (κ2) is 14.5. The molecule has 0 atom stereocenters. The molecule has 3 amide bonds. The zero-order chi connectivity index (χ0) is 30.9. The number of carbonyl (C=O) groups excluding carboxylic acids is 2. The fourth-order valence-electron chi connectivity index (χ4n) is 4.04.